The van der Waals surface area contributed by atoms with E-state index in [2.05, 4.69) is 0 Å². The number of carbonyl (C=O) groups is 1. The molecule has 2 nitrogen and oxygen atoms in total. The molecule has 0 aliphatic carbocycles. The second kappa shape index (κ2) is 8.11. The molecule has 0 spiro atoms. The highest BCUT2D eigenvalue weighted by molar-refractivity contribution is 7.84. The van der Waals surface area contributed by atoms with E-state index in [9.17, 15) is 9.00 Å². The van der Waals surface area contributed by atoms with E-state index in [-0.39, 0.29) is 5.78 Å². The molecule has 0 amide bonds. The Morgan fingerprint density at radius 2 is 1.67 bits per heavy atom. The number of hydrogen-bond donors (Lipinski definition) is 0. The maximum Gasteiger partial charge on any atom is 0.162 e. The minimum atomic E-state index is -0.946. The van der Waals surface area contributed by atoms with Crippen LogP contribution in [0.25, 0.3) is 0 Å². The molecular formula is C17H17ClO2S. The van der Waals surface area contributed by atoms with Gasteiger partial charge in [-0.2, -0.15) is 0 Å². The monoisotopic (exact) mass is 320 g/mol. The van der Waals surface area contributed by atoms with Gasteiger partial charge in [0.05, 0.1) is 0 Å². The number of Topliss-reactive ketones (excluding diaryl/α,β-unsaturated/α-hetero) is 1. The molecule has 1 unspecified atom stereocenters. The predicted octanol–water partition coefficient (Wildman–Crippen LogP) is 4.25. The Morgan fingerprint density at radius 1 is 1.00 bits per heavy atom. The summed E-state index contributed by atoms with van der Waals surface area (Å²) in [6.07, 6.45) is 1.09. The maximum atomic E-state index is 12.0. The summed E-state index contributed by atoms with van der Waals surface area (Å²) in [5, 5.41) is 0.679. The van der Waals surface area contributed by atoms with Crippen molar-refractivity contribution in [1.29, 1.82) is 0 Å². The molecule has 2 aromatic rings. The number of halogens is 1. The number of benzene rings is 2. The Hall–Kier alpha value is -1.45. The van der Waals surface area contributed by atoms with Gasteiger partial charge in [-0.05, 0) is 24.1 Å². The highest BCUT2D eigenvalue weighted by atomic mass is 35.5. The zero-order chi connectivity index (χ0) is 15.1. The van der Waals surface area contributed by atoms with Crippen molar-refractivity contribution >= 4 is 28.2 Å². The summed E-state index contributed by atoms with van der Waals surface area (Å²) in [6.45, 7) is 0. The summed E-state index contributed by atoms with van der Waals surface area (Å²) in [7, 11) is -0.946. The molecule has 2 rings (SSSR count). The zero-order valence-corrected chi connectivity index (χ0v) is 13.2. The third kappa shape index (κ3) is 5.44. The fourth-order valence-corrected chi connectivity index (χ4v) is 3.30. The third-order valence-corrected chi connectivity index (χ3v) is 4.76. The van der Waals surface area contributed by atoms with Gasteiger partial charge in [0, 0.05) is 39.3 Å². The van der Waals surface area contributed by atoms with Crippen molar-refractivity contribution in [1.82, 2.24) is 0 Å². The van der Waals surface area contributed by atoms with E-state index in [1.54, 1.807) is 12.1 Å². The van der Waals surface area contributed by atoms with Gasteiger partial charge < -0.3 is 0 Å². The summed E-state index contributed by atoms with van der Waals surface area (Å²) in [5.74, 6) is 1.16. The minimum Gasteiger partial charge on any atom is -0.294 e. The lowest BCUT2D eigenvalue weighted by Crippen LogP contribution is -2.05. The Bertz CT molecular complexity index is 608. The molecule has 0 aliphatic heterocycles. The topological polar surface area (TPSA) is 34.1 Å². The third-order valence-electron chi connectivity index (χ3n) is 3.11. The van der Waals surface area contributed by atoms with Crippen molar-refractivity contribution in [3.8, 4) is 0 Å². The zero-order valence-electron chi connectivity index (χ0n) is 11.6. The predicted molar refractivity (Wildman–Crippen MR) is 88.2 cm³/mol. The Labute approximate surface area is 132 Å². The van der Waals surface area contributed by atoms with E-state index in [0.29, 0.717) is 29.4 Å². The van der Waals surface area contributed by atoms with Gasteiger partial charge in [-0.15, -0.1) is 0 Å². The SMILES string of the molecule is O=C(CCCS(=O)Cc1ccc(Cl)cc1)c1ccccc1. The van der Waals surface area contributed by atoms with Crippen molar-refractivity contribution in [2.24, 2.45) is 0 Å². The molecule has 21 heavy (non-hydrogen) atoms. The number of hydrogen-bond acceptors (Lipinski definition) is 2. The van der Waals surface area contributed by atoms with Crippen molar-refractivity contribution in [2.45, 2.75) is 18.6 Å². The standard InChI is InChI=1S/C17H17ClO2S/c18-16-10-8-14(9-11-16)13-21(20)12-4-7-17(19)15-5-2-1-3-6-15/h1-3,5-6,8-11H,4,7,12-13H2. The van der Waals surface area contributed by atoms with Crippen molar-refractivity contribution in [2.75, 3.05) is 5.75 Å². The van der Waals surface area contributed by atoms with Gasteiger partial charge in [0.1, 0.15) is 0 Å². The Morgan fingerprint density at radius 3 is 2.33 bits per heavy atom. The highest BCUT2D eigenvalue weighted by Crippen LogP contribution is 2.12. The molecule has 0 bridgehead atoms. The molecule has 0 N–H and O–H groups in total. The molecule has 0 radical (unpaired) electrons. The number of ketones is 1. The lowest BCUT2D eigenvalue weighted by molar-refractivity contribution is 0.0982. The first kappa shape index (κ1) is 15.9. The van der Waals surface area contributed by atoms with E-state index >= 15 is 0 Å². The van der Waals surface area contributed by atoms with Crippen molar-refractivity contribution in [3.05, 3.63) is 70.7 Å². The minimum absolute atomic E-state index is 0.110. The van der Waals surface area contributed by atoms with Crippen LogP contribution in [-0.2, 0) is 16.6 Å². The number of carbonyl (C=O) groups excluding carboxylic acids is 1. The summed E-state index contributed by atoms with van der Waals surface area (Å²) in [4.78, 5) is 11.9. The van der Waals surface area contributed by atoms with E-state index in [4.69, 9.17) is 11.6 Å². The average Bonchev–Trinajstić information content (AvgIpc) is 2.50. The first-order chi connectivity index (χ1) is 10.1. The summed E-state index contributed by atoms with van der Waals surface area (Å²) < 4.78 is 12.0. The molecular weight excluding hydrogens is 304 g/mol. The lowest BCUT2D eigenvalue weighted by Gasteiger charge is -2.03. The normalized spacial score (nSPS) is 12.0. The highest BCUT2D eigenvalue weighted by Gasteiger charge is 2.07. The fourth-order valence-electron chi connectivity index (χ4n) is 2.00. The smallest absolute Gasteiger partial charge is 0.162 e. The molecule has 2 aromatic carbocycles. The molecule has 110 valence electrons. The molecule has 0 aromatic heterocycles. The van der Waals surface area contributed by atoms with E-state index < -0.39 is 10.8 Å². The van der Waals surface area contributed by atoms with Gasteiger partial charge in [0.15, 0.2) is 5.78 Å². The van der Waals surface area contributed by atoms with Crippen LogP contribution in [0.15, 0.2) is 54.6 Å². The summed E-state index contributed by atoms with van der Waals surface area (Å²) in [6, 6.07) is 16.6. The van der Waals surface area contributed by atoms with Crippen LogP contribution in [0.1, 0.15) is 28.8 Å². The summed E-state index contributed by atoms with van der Waals surface area (Å²) in [5.41, 5.74) is 1.73. The molecule has 0 saturated heterocycles. The average molecular weight is 321 g/mol. The van der Waals surface area contributed by atoms with Gasteiger partial charge in [-0.3, -0.25) is 9.00 Å². The van der Waals surface area contributed by atoms with Gasteiger partial charge in [0.25, 0.3) is 0 Å². The maximum absolute atomic E-state index is 12.0. The Balaban J connectivity index is 1.74. The lowest BCUT2D eigenvalue weighted by atomic mass is 10.1. The molecule has 1 atom stereocenters. The van der Waals surface area contributed by atoms with Gasteiger partial charge >= 0.3 is 0 Å². The van der Waals surface area contributed by atoms with E-state index in [0.717, 1.165) is 11.1 Å². The first-order valence-corrected chi connectivity index (χ1v) is 8.69. The Kier molecular flexibility index (Phi) is 6.15. The van der Waals surface area contributed by atoms with Crippen LogP contribution in [0, 0.1) is 0 Å². The molecule has 0 heterocycles. The van der Waals surface area contributed by atoms with Crippen LogP contribution in [0.3, 0.4) is 0 Å². The van der Waals surface area contributed by atoms with Crippen molar-refractivity contribution < 1.29 is 9.00 Å². The second-order valence-corrected chi connectivity index (χ2v) is 6.82. The van der Waals surface area contributed by atoms with Crippen LogP contribution < -0.4 is 0 Å². The van der Waals surface area contributed by atoms with Crippen LogP contribution in [0.2, 0.25) is 5.02 Å². The molecule has 4 heteroatoms. The van der Waals surface area contributed by atoms with Crippen LogP contribution in [-0.4, -0.2) is 15.7 Å². The fraction of sp³-hybridized carbons (Fsp3) is 0.235. The largest absolute Gasteiger partial charge is 0.294 e. The van der Waals surface area contributed by atoms with Gasteiger partial charge in [0.2, 0.25) is 0 Å². The van der Waals surface area contributed by atoms with E-state index in [1.165, 1.54) is 0 Å². The van der Waals surface area contributed by atoms with Crippen LogP contribution in [0.5, 0.6) is 0 Å². The van der Waals surface area contributed by atoms with Crippen LogP contribution in [0.4, 0.5) is 0 Å². The second-order valence-electron chi connectivity index (χ2n) is 4.81. The van der Waals surface area contributed by atoms with Crippen LogP contribution >= 0.6 is 11.6 Å². The molecule has 0 aliphatic rings. The van der Waals surface area contributed by atoms with Gasteiger partial charge in [-0.25, -0.2) is 0 Å². The summed E-state index contributed by atoms with van der Waals surface area (Å²) >= 11 is 5.81. The first-order valence-electron chi connectivity index (χ1n) is 6.83. The quantitative estimate of drug-likeness (QED) is 0.715. The van der Waals surface area contributed by atoms with Crippen molar-refractivity contribution in [3.63, 3.8) is 0 Å². The van der Waals surface area contributed by atoms with Gasteiger partial charge in [-0.1, -0.05) is 54.1 Å². The van der Waals surface area contributed by atoms with E-state index in [1.807, 2.05) is 42.5 Å². The molecule has 0 saturated carbocycles. The molecule has 0 fully saturated rings. The number of rotatable bonds is 7.